The van der Waals surface area contributed by atoms with E-state index in [-0.39, 0.29) is 11.7 Å². The molecule has 2 aromatic rings. The van der Waals surface area contributed by atoms with Crippen LogP contribution in [0.4, 0.5) is 10.1 Å². The third-order valence-electron chi connectivity index (χ3n) is 2.92. The van der Waals surface area contributed by atoms with Crippen LogP contribution in [0.2, 0.25) is 0 Å². The number of hydrogen-bond acceptors (Lipinski definition) is 1. The van der Waals surface area contributed by atoms with Gasteiger partial charge in [-0.1, -0.05) is 18.2 Å². The minimum atomic E-state index is -0.351. The molecular formula is C15H13FINO. The molecule has 0 fully saturated rings. The summed E-state index contributed by atoms with van der Waals surface area (Å²) in [5.74, 6) is -0.491. The van der Waals surface area contributed by atoms with Crippen LogP contribution < -0.4 is 4.90 Å². The second kappa shape index (κ2) is 5.69. The van der Waals surface area contributed by atoms with Gasteiger partial charge in [0, 0.05) is 16.3 Å². The average molecular weight is 369 g/mol. The van der Waals surface area contributed by atoms with Crippen LogP contribution in [0.5, 0.6) is 0 Å². The fourth-order valence-corrected chi connectivity index (χ4v) is 2.39. The molecule has 0 radical (unpaired) electrons. The van der Waals surface area contributed by atoms with Crippen LogP contribution in [-0.4, -0.2) is 13.0 Å². The first kappa shape index (κ1) is 14.0. The minimum absolute atomic E-state index is 0.140. The summed E-state index contributed by atoms with van der Waals surface area (Å²) in [5, 5.41) is 0. The van der Waals surface area contributed by atoms with Crippen molar-refractivity contribution in [3.8, 4) is 0 Å². The van der Waals surface area contributed by atoms with E-state index in [4.69, 9.17) is 0 Å². The number of amides is 1. The molecule has 2 rings (SSSR count). The van der Waals surface area contributed by atoms with Crippen molar-refractivity contribution in [1.29, 1.82) is 0 Å². The topological polar surface area (TPSA) is 20.3 Å². The van der Waals surface area contributed by atoms with Gasteiger partial charge >= 0.3 is 0 Å². The Labute approximate surface area is 125 Å². The Morgan fingerprint density at radius 3 is 2.58 bits per heavy atom. The fourth-order valence-electron chi connectivity index (χ4n) is 1.80. The van der Waals surface area contributed by atoms with Crippen molar-refractivity contribution in [3.63, 3.8) is 0 Å². The van der Waals surface area contributed by atoms with Crippen LogP contribution in [0.25, 0.3) is 0 Å². The van der Waals surface area contributed by atoms with E-state index in [2.05, 4.69) is 22.6 Å². The van der Waals surface area contributed by atoms with Crippen LogP contribution in [0.1, 0.15) is 15.9 Å². The zero-order valence-electron chi connectivity index (χ0n) is 10.7. The largest absolute Gasteiger partial charge is 0.311 e. The lowest BCUT2D eigenvalue weighted by atomic mass is 10.1. The predicted molar refractivity (Wildman–Crippen MR) is 83.0 cm³/mol. The Balaban J connectivity index is 2.36. The van der Waals surface area contributed by atoms with E-state index in [0.717, 1.165) is 9.13 Å². The Kier molecular flexibility index (Phi) is 4.19. The van der Waals surface area contributed by atoms with E-state index >= 15 is 0 Å². The molecule has 0 aliphatic rings. The summed E-state index contributed by atoms with van der Waals surface area (Å²) < 4.78 is 14.1. The van der Waals surface area contributed by atoms with E-state index in [0.29, 0.717) is 11.3 Å². The molecule has 2 aromatic carbocycles. The lowest BCUT2D eigenvalue weighted by Gasteiger charge is -2.18. The molecule has 0 bridgehead atoms. The molecule has 0 saturated heterocycles. The fraction of sp³-hybridized carbons (Fsp3) is 0.133. The molecule has 0 aromatic heterocycles. The summed E-state index contributed by atoms with van der Waals surface area (Å²) in [7, 11) is 1.65. The molecule has 0 heterocycles. The number of carbonyl (C=O) groups is 1. The first-order valence-electron chi connectivity index (χ1n) is 5.79. The zero-order chi connectivity index (χ0) is 14.0. The van der Waals surface area contributed by atoms with Crippen molar-refractivity contribution in [1.82, 2.24) is 0 Å². The van der Waals surface area contributed by atoms with E-state index in [1.165, 1.54) is 17.0 Å². The third kappa shape index (κ3) is 2.94. The van der Waals surface area contributed by atoms with E-state index in [1.807, 2.05) is 19.1 Å². The predicted octanol–water partition coefficient (Wildman–Crippen LogP) is 4.02. The number of rotatable bonds is 2. The van der Waals surface area contributed by atoms with Gasteiger partial charge in [-0.2, -0.15) is 0 Å². The molecule has 1 amide bonds. The highest BCUT2D eigenvalue weighted by molar-refractivity contribution is 14.1. The summed E-state index contributed by atoms with van der Waals surface area (Å²) in [6, 6.07) is 11.6. The first-order chi connectivity index (χ1) is 9.00. The average Bonchev–Trinajstić information content (AvgIpc) is 2.40. The summed E-state index contributed by atoms with van der Waals surface area (Å²) in [6.07, 6.45) is 0. The molecule has 0 aliphatic carbocycles. The van der Waals surface area contributed by atoms with Gasteiger partial charge in [0.25, 0.3) is 5.91 Å². The standard InChI is InChI=1S/C15H13FINO/c1-10-5-3-8-13(14(10)17)15(19)18(2)12-7-4-6-11(16)9-12/h3-9H,1-2H3. The quantitative estimate of drug-likeness (QED) is 0.733. The summed E-state index contributed by atoms with van der Waals surface area (Å²) in [4.78, 5) is 13.9. The summed E-state index contributed by atoms with van der Waals surface area (Å²) >= 11 is 2.16. The van der Waals surface area contributed by atoms with Gasteiger partial charge in [-0.3, -0.25) is 4.79 Å². The molecule has 0 spiro atoms. The van der Waals surface area contributed by atoms with E-state index in [9.17, 15) is 9.18 Å². The molecular weight excluding hydrogens is 356 g/mol. The smallest absolute Gasteiger partial charge is 0.259 e. The lowest BCUT2D eigenvalue weighted by Crippen LogP contribution is -2.27. The van der Waals surface area contributed by atoms with Gasteiger partial charge in [0.2, 0.25) is 0 Å². The van der Waals surface area contributed by atoms with Crippen LogP contribution in [0.3, 0.4) is 0 Å². The second-order valence-electron chi connectivity index (χ2n) is 4.28. The lowest BCUT2D eigenvalue weighted by molar-refractivity contribution is 0.0992. The minimum Gasteiger partial charge on any atom is -0.311 e. The molecule has 0 saturated carbocycles. The van der Waals surface area contributed by atoms with Gasteiger partial charge in [0.1, 0.15) is 5.82 Å². The molecule has 98 valence electrons. The van der Waals surface area contributed by atoms with Crippen LogP contribution in [0.15, 0.2) is 42.5 Å². The van der Waals surface area contributed by atoms with E-state index < -0.39 is 0 Å². The Morgan fingerprint density at radius 1 is 1.21 bits per heavy atom. The maximum Gasteiger partial charge on any atom is 0.259 e. The number of anilines is 1. The first-order valence-corrected chi connectivity index (χ1v) is 6.87. The Bertz CT molecular complexity index is 627. The van der Waals surface area contributed by atoms with Crippen LogP contribution >= 0.6 is 22.6 Å². The van der Waals surface area contributed by atoms with Crippen molar-refractivity contribution in [2.75, 3.05) is 11.9 Å². The van der Waals surface area contributed by atoms with Gasteiger partial charge in [-0.15, -0.1) is 0 Å². The van der Waals surface area contributed by atoms with Gasteiger partial charge in [0.05, 0.1) is 5.56 Å². The molecule has 19 heavy (non-hydrogen) atoms. The molecule has 0 unspecified atom stereocenters. The van der Waals surface area contributed by atoms with E-state index in [1.54, 1.807) is 25.2 Å². The molecule has 0 N–H and O–H groups in total. The number of benzene rings is 2. The zero-order valence-corrected chi connectivity index (χ0v) is 12.8. The van der Waals surface area contributed by atoms with Gasteiger partial charge in [-0.05, 0) is 59.3 Å². The maximum absolute atomic E-state index is 13.2. The maximum atomic E-state index is 13.2. The Hall–Kier alpha value is -1.43. The van der Waals surface area contributed by atoms with Crippen molar-refractivity contribution in [3.05, 3.63) is 63.0 Å². The highest BCUT2D eigenvalue weighted by atomic mass is 127. The second-order valence-corrected chi connectivity index (χ2v) is 5.36. The SMILES string of the molecule is Cc1cccc(C(=O)N(C)c2cccc(F)c2)c1I. The molecule has 2 nitrogen and oxygen atoms in total. The van der Waals surface area contributed by atoms with Gasteiger partial charge in [0.15, 0.2) is 0 Å². The van der Waals surface area contributed by atoms with Crippen molar-refractivity contribution >= 4 is 34.2 Å². The highest BCUT2D eigenvalue weighted by Gasteiger charge is 2.17. The van der Waals surface area contributed by atoms with Gasteiger partial charge < -0.3 is 4.90 Å². The monoisotopic (exact) mass is 369 g/mol. The van der Waals surface area contributed by atoms with Crippen molar-refractivity contribution in [2.45, 2.75) is 6.92 Å². The van der Waals surface area contributed by atoms with Crippen LogP contribution in [-0.2, 0) is 0 Å². The number of halogens is 2. The number of hydrogen-bond donors (Lipinski definition) is 0. The number of carbonyl (C=O) groups excluding carboxylic acids is 1. The number of nitrogens with zero attached hydrogens (tertiary/aromatic N) is 1. The highest BCUT2D eigenvalue weighted by Crippen LogP contribution is 2.21. The molecule has 4 heteroatoms. The normalized spacial score (nSPS) is 10.3. The summed E-state index contributed by atoms with van der Waals surface area (Å²) in [6.45, 7) is 1.96. The summed E-state index contributed by atoms with van der Waals surface area (Å²) in [5.41, 5.74) is 2.23. The van der Waals surface area contributed by atoms with Gasteiger partial charge in [-0.25, -0.2) is 4.39 Å². The van der Waals surface area contributed by atoms with Crippen molar-refractivity contribution < 1.29 is 9.18 Å². The number of aryl methyl sites for hydroxylation is 1. The third-order valence-corrected chi connectivity index (χ3v) is 4.35. The van der Waals surface area contributed by atoms with Crippen LogP contribution in [0, 0.1) is 16.3 Å². The molecule has 0 atom stereocenters. The Morgan fingerprint density at radius 2 is 1.89 bits per heavy atom. The molecule has 0 aliphatic heterocycles. The van der Waals surface area contributed by atoms with Crippen molar-refractivity contribution in [2.24, 2.45) is 0 Å².